The van der Waals surface area contributed by atoms with E-state index in [1.54, 1.807) is 13.2 Å². The molecule has 1 aromatic heterocycles. The first-order valence-corrected chi connectivity index (χ1v) is 10.6. The van der Waals surface area contributed by atoms with E-state index in [-0.39, 0.29) is 18.6 Å². The average Bonchev–Trinajstić information content (AvgIpc) is 2.82. The molecule has 0 aliphatic carbocycles. The van der Waals surface area contributed by atoms with Crippen molar-refractivity contribution in [1.82, 2.24) is 9.88 Å². The Morgan fingerprint density at radius 1 is 1.10 bits per heavy atom. The largest absolute Gasteiger partial charge is 0.497 e. The SMILES string of the molecule is COc1ccc(-c2cc(C(=O)OCC(=O)N3CCCC[C@H]3C)c3ccccc3n2)cc1. The highest BCUT2D eigenvalue weighted by atomic mass is 16.5. The van der Waals surface area contributed by atoms with Crippen LogP contribution in [-0.4, -0.2) is 48.1 Å². The van der Waals surface area contributed by atoms with E-state index < -0.39 is 5.97 Å². The number of nitrogens with zero attached hydrogens (tertiary/aromatic N) is 2. The van der Waals surface area contributed by atoms with Gasteiger partial charge in [-0.15, -0.1) is 0 Å². The Labute approximate surface area is 181 Å². The first kappa shape index (κ1) is 20.8. The van der Waals surface area contributed by atoms with Gasteiger partial charge >= 0.3 is 5.97 Å². The van der Waals surface area contributed by atoms with Gasteiger partial charge in [0.05, 0.1) is 23.9 Å². The fraction of sp³-hybridized carbons (Fsp3) is 0.320. The predicted octanol–water partition coefficient (Wildman–Crippen LogP) is 4.47. The monoisotopic (exact) mass is 418 g/mol. The molecule has 160 valence electrons. The Morgan fingerprint density at radius 2 is 1.87 bits per heavy atom. The number of amides is 1. The van der Waals surface area contributed by atoms with Gasteiger partial charge < -0.3 is 14.4 Å². The minimum absolute atomic E-state index is 0.144. The van der Waals surface area contributed by atoms with Crippen LogP contribution in [0.25, 0.3) is 22.2 Å². The molecule has 1 atom stereocenters. The normalized spacial score (nSPS) is 16.2. The van der Waals surface area contributed by atoms with Crippen LogP contribution in [0, 0.1) is 0 Å². The quantitative estimate of drug-likeness (QED) is 0.572. The van der Waals surface area contributed by atoms with Crippen LogP contribution >= 0.6 is 0 Å². The number of piperidine rings is 1. The van der Waals surface area contributed by atoms with Crippen LogP contribution in [-0.2, 0) is 9.53 Å². The summed E-state index contributed by atoms with van der Waals surface area (Å²) in [5.41, 5.74) is 2.61. The summed E-state index contributed by atoms with van der Waals surface area (Å²) in [6.45, 7) is 2.51. The van der Waals surface area contributed by atoms with Gasteiger partial charge in [-0.2, -0.15) is 0 Å². The highest BCUT2D eigenvalue weighted by Crippen LogP contribution is 2.27. The molecule has 2 heterocycles. The van der Waals surface area contributed by atoms with E-state index >= 15 is 0 Å². The van der Waals surface area contributed by atoms with Crippen molar-refractivity contribution in [2.75, 3.05) is 20.3 Å². The van der Waals surface area contributed by atoms with Crippen LogP contribution < -0.4 is 4.74 Å². The smallest absolute Gasteiger partial charge is 0.339 e. The molecule has 31 heavy (non-hydrogen) atoms. The van der Waals surface area contributed by atoms with Gasteiger partial charge in [0.1, 0.15) is 5.75 Å². The van der Waals surface area contributed by atoms with Gasteiger partial charge in [0.25, 0.3) is 5.91 Å². The zero-order valence-corrected chi connectivity index (χ0v) is 17.8. The summed E-state index contributed by atoms with van der Waals surface area (Å²) >= 11 is 0. The summed E-state index contributed by atoms with van der Waals surface area (Å²) in [7, 11) is 1.61. The molecule has 6 nitrogen and oxygen atoms in total. The number of pyridine rings is 1. The minimum Gasteiger partial charge on any atom is -0.497 e. The fourth-order valence-electron chi connectivity index (χ4n) is 4.01. The number of carbonyl (C=O) groups excluding carboxylic acids is 2. The van der Waals surface area contributed by atoms with Gasteiger partial charge in [-0.3, -0.25) is 4.79 Å². The fourth-order valence-corrected chi connectivity index (χ4v) is 4.01. The van der Waals surface area contributed by atoms with Crippen molar-refractivity contribution in [3.8, 4) is 17.0 Å². The van der Waals surface area contributed by atoms with Crippen molar-refractivity contribution in [2.45, 2.75) is 32.2 Å². The highest BCUT2D eigenvalue weighted by molar-refractivity contribution is 6.05. The van der Waals surface area contributed by atoms with Gasteiger partial charge in [0.2, 0.25) is 0 Å². The van der Waals surface area contributed by atoms with E-state index in [1.165, 1.54) is 0 Å². The molecule has 0 bridgehead atoms. The maximum absolute atomic E-state index is 13.0. The van der Waals surface area contributed by atoms with E-state index in [9.17, 15) is 9.59 Å². The van der Waals surface area contributed by atoms with Gasteiger partial charge in [0.15, 0.2) is 6.61 Å². The number of hydrogen-bond acceptors (Lipinski definition) is 5. The Bertz CT molecular complexity index is 1090. The van der Waals surface area contributed by atoms with Gasteiger partial charge in [0, 0.05) is 23.5 Å². The summed E-state index contributed by atoms with van der Waals surface area (Å²) in [5, 5.41) is 0.698. The van der Waals surface area contributed by atoms with E-state index in [2.05, 4.69) is 0 Å². The Balaban J connectivity index is 1.59. The lowest BCUT2D eigenvalue weighted by Crippen LogP contribution is -2.44. The summed E-state index contributed by atoms with van der Waals surface area (Å²) in [5.74, 6) is 0.0790. The molecule has 0 radical (unpaired) electrons. The molecule has 6 heteroatoms. The van der Waals surface area contributed by atoms with Crippen molar-refractivity contribution in [3.05, 3.63) is 60.2 Å². The highest BCUT2D eigenvalue weighted by Gasteiger charge is 2.24. The lowest BCUT2D eigenvalue weighted by molar-refractivity contribution is -0.137. The van der Waals surface area contributed by atoms with Crippen LogP contribution in [0.2, 0.25) is 0 Å². The van der Waals surface area contributed by atoms with E-state index in [0.29, 0.717) is 22.2 Å². The van der Waals surface area contributed by atoms with Crippen molar-refractivity contribution < 1.29 is 19.1 Å². The number of ether oxygens (including phenoxy) is 2. The molecule has 1 amide bonds. The second kappa shape index (κ2) is 9.16. The number of esters is 1. The van der Waals surface area contributed by atoms with Crippen LogP contribution in [0.3, 0.4) is 0 Å². The lowest BCUT2D eigenvalue weighted by atomic mass is 10.0. The molecule has 1 aliphatic rings. The molecule has 0 saturated carbocycles. The topological polar surface area (TPSA) is 68.7 Å². The van der Waals surface area contributed by atoms with Crippen molar-refractivity contribution in [1.29, 1.82) is 0 Å². The molecule has 0 spiro atoms. The van der Waals surface area contributed by atoms with E-state index in [1.807, 2.05) is 60.4 Å². The first-order valence-electron chi connectivity index (χ1n) is 10.6. The third kappa shape index (κ3) is 4.53. The Kier molecular flexibility index (Phi) is 6.16. The summed E-state index contributed by atoms with van der Waals surface area (Å²) < 4.78 is 10.7. The Morgan fingerprint density at radius 3 is 2.61 bits per heavy atom. The zero-order valence-electron chi connectivity index (χ0n) is 17.8. The average molecular weight is 418 g/mol. The number of para-hydroxylation sites is 1. The summed E-state index contributed by atoms with van der Waals surface area (Å²) in [4.78, 5) is 32.1. The second-order valence-electron chi connectivity index (χ2n) is 7.81. The van der Waals surface area contributed by atoms with Gasteiger partial charge in [-0.25, -0.2) is 9.78 Å². The molecule has 2 aromatic carbocycles. The number of aromatic nitrogens is 1. The van der Waals surface area contributed by atoms with Crippen LogP contribution in [0.4, 0.5) is 0 Å². The maximum atomic E-state index is 13.0. The molecule has 1 saturated heterocycles. The van der Waals surface area contributed by atoms with E-state index in [0.717, 1.165) is 37.1 Å². The number of methoxy groups -OCH3 is 1. The van der Waals surface area contributed by atoms with Crippen LogP contribution in [0.1, 0.15) is 36.5 Å². The molecule has 4 rings (SSSR count). The van der Waals surface area contributed by atoms with Gasteiger partial charge in [-0.1, -0.05) is 18.2 Å². The lowest BCUT2D eigenvalue weighted by Gasteiger charge is -2.33. The molecular weight excluding hydrogens is 392 g/mol. The maximum Gasteiger partial charge on any atom is 0.339 e. The van der Waals surface area contributed by atoms with Crippen molar-refractivity contribution >= 4 is 22.8 Å². The number of likely N-dealkylation sites (tertiary alicyclic amines) is 1. The molecule has 3 aromatic rings. The van der Waals surface area contributed by atoms with Gasteiger partial charge in [-0.05, 0) is 62.6 Å². The van der Waals surface area contributed by atoms with Crippen LogP contribution in [0.5, 0.6) is 5.75 Å². The van der Waals surface area contributed by atoms with E-state index in [4.69, 9.17) is 14.5 Å². The Hall–Kier alpha value is -3.41. The van der Waals surface area contributed by atoms with Crippen LogP contribution in [0.15, 0.2) is 54.6 Å². The first-order chi connectivity index (χ1) is 15.1. The standard InChI is InChI=1S/C25H26N2O4/c1-17-7-5-6-14-27(17)24(28)16-31-25(29)21-15-23(18-10-12-19(30-2)13-11-18)26-22-9-4-3-8-20(21)22/h3-4,8-13,15,17H,5-7,14,16H2,1-2H3/t17-/m1/s1. The molecule has 0 unspecified atom stereocenters. The third-order valence-corrected chi connectivity index (χ3v) is 5.77. The number of benzene rings is 2. The number of hydrogen-bond donors (Lipinski definition) is 0. The second-order valence-corrected chi connectivity index (χ2v) is 7.81. The predicted molar refractivity (Wildman–Crippen MR) is 119 cm³/mol. The molecular formula is C25H26N2O4. The molecule has 1 aliphatic heterocycles. The minimum atomic E-state index is -0.522. The molecule has 0 N–H and O–H groups in total. The van der Waals surface area contributed by atoms with Crippen molar-refractivity contribution in [3.63, 3.8) is 0 Å². The van der Waals surface area contributed by atoms with Crippen molar-refractivity contribution in [2.24, 2.45) is 0 Å². The summed E-state index contributed by atoms with van der Waals surface area (Å²) in [6.07, 6.45) is 3.10. The summed E-state index contributed by atoms with van der Waals surface area (Å²) in [6, 6.07) is 16.8. The zero-order chi connectivity index (χ0) is 21.8. The third-order valence-electron chi connectivity index (χ3n) is 5.77. The number of fused-ring (bicyclic) bond motifs is 1. The molecule has 1 fully saturated rings. The number of rotatable bonds is 5. The number of carbonyl (C=O) groups is 2.